The molecule has 2 aromatic carbocycles. The van der Waals surface area contributed by atoms with Gasteiger partial charge in [0.15, 0.2) is 0 Å². The quantitative estimate of drug-likeness (QED) is 0.754. The molecular weight excluding hydrogens is 247 g/mol. The summed E-state index contributed by atoms with van der Waals surface area (Å²) < 4.78 is 0. The van der Waals surface area contributed by atoms with E-state index in [1.54, 1.807) is 18.2 Å². The van der Waals surface area contributed by atoms with Crippen LogP contribution in [0.5, 0.6) is 11.5 Å². The molecule has 4 heteroatoms. The minimum atomic E-state index is 0.0435. The number of hydrogen-bond donors (Lipinski definition) is 2. The first-order valence-electron chi connectivity index (χ1n) is 4.55. The van der Waals surface area contributed by atoms with Gasteiger partial charge in [0.05, 0.1) is 0 Å². The number of aromatic hydroxyl groups is 2. The zero-order valence-electron chi connectivity index (χ0n) is 8.11. The van der Waals surface area contributed by atoms with E-state index in [9.17, 15) is 10.2 Å². The highest BCUT2D eigenvalue weighted by atomic mass is 35.5. The Labute approximate surface area is 103 Å². The van der Waals surface area contributed by atoms with Crippen LogP contribution in [0.25, 0.3) is 11.1 Å². The van der Waals surface area contributed by atoms with Crippen molar-refractivity contribution >= 4 is 23.2 Å². The molecule has 0 aliphatic carbocycles. The third-order valence-electron chi connectivity index (χ3n) is 2.20. The molecule has 0 radical (unpaired) electrons. The van der Waals surface area contributed by atoms with Crippen molar-refractivity contribution in [3.63, 3.8) is 0 Å². The monoisotopic (exact) mass is 254 g/mol. The van der Waals surface area contributed by atoms with Crippen LogP contribution in [0.1, 0.15) is 0 Å². The smallest absolute Gasteiger partial charge is 0.123 e. The second-order valence-corrected chi connectivity index (χ2v) is 4.17. The van der Waals surface area contributed by atoms with Gasteiger partial charge in [0.1, 0.15) is 11.5 Å². The molecule has 2 aromatic rings. The second kappa shape index (κ2) is 4.24. The molecular formula is C12H8Cl2O2. The number of phenols is 2. The molecule has 2 N–H and O–H groups in total. The summed E-state index contributed by atoms with van der Waals surface area (Å²) in [5, 5.41) is 20.0. The number of rotatable bonds is 1. The van der Waals surface area contributed by atoms with Gasteiger partial charge < -0.3 is 10.2 Å². The van der Waals surface area contributed by atoms with Crippen LogP contribution in [-0.4, -0.2) is 10.2 Å². The second-order valence-electron chi connectivity index (χ2n) is 3.33. The lowest BCUT2D eigenvalue weighted by Gasteiger charge is -2.07. The Kier molecular flexibility index (Phi) is 2.95. The van der Waals surface area contributed by atoms with Gasteiger partial charge in [-0.15, -0.1) is 0 Å². The van der Waals surface area contributed by atoms with Gasteiger partial charge in [-0.05, 0) is 36.4 Å². The van der Waals surface area contributed by atoms with Crippen LogP contribution >= 0.6 is 23.2 Å². The maximum absolute atomic E-state index is 9.69. The van der Waals surface area contributed by atoms with Gasteiger partial charge in [0.25, 0.3) is 0 Å². The van der Waals surface area contributed by atoms with Crippen molar-refractivity contribution in [1.82, 2.24) is 0 Å². The Morgan fingerprint density at radius 3 is 2.31 bits per heavy atom. The highest BCUT2D eigenvalue weighted by molar-refractivity contribution is 6.35. The van der Waals surface area contributed by atoms with Crippen molar-refractivity contribution < 1.29 is 10.2 Å². The third kappa shape index (κ3) is 2.08. The molecule has 2 nitrogen and oxygen atoms in total. The molecule has 82 valence electrons. The molecule has 0 aliphatic heterocycles. The molecule has 16 heavy (non-hydrogen) atoms. The van der Waals surface area contributed by atoms with Crippen LogP contribution in [0.3, 0.4) is 0 Å². The molecule has 0 bridgehead atoms. The van der Waals surface area contributed by atoms with E-state index in [0.29, 0.717) is 21.2 Å². The Morgan fingerprint density at radius 1 is 0.812 bits per heavy atom. The average molecular weight is 255 g/mol. The SMILES string of the molecule is Oc1ccc(O)c(-c2cc(Cl)ccc2Cl)c1. The Bertz CT molecular complexity index is 489. The molecule has 0 unspecified atom stereocenters. The van der Waals surface area contributed by atoms with E-state index < -0.39 is 0 Å². The van der Waals surface area contributed by atoms with Crippen molar-refractivity contribution in [2.75, 3.05) is 0 Å². The van der Waals surface area contributed by atoms with Crippen LogP contribution in [0.4, 0.5) is 0 Å². The predicted molar refractivity (Wildman–Crippen MR) is 65.2 cm³/mol. The fourth-order valence-electron chi connectivity index (χ4n) is 1.44. The van der Waals surface area contributed by atoms with Crippen molar-refractivity contribution in [2.45, 2.75) is 0 Å². The van der Waals surface area contributed by atoms with Gasteiger partial charge in [-0.2, -0.15) is 0 Å². The third-order valence-corrected chi connectivity index (χ3v) is 2.76. The van der Waals surface area contributed by atoms with Crippen LogP contribution in [0.15, 0.2) is 36.4 Å². The summed E-state index contributed by atoms with van der Waals surface area (Å²) in [5.74, 6) is 0.103. The van der Waals surface area contributed by atoms with Crippen LogP contribution < -0.4 is 0 Å². The molecule has 0 spiro atoms. The average Bonchev–Trinajstić information content (AvgIpc) is 2.25. The molecule has 0 fully saturated rings. The summed E-state index contributed by atoms with van der Waals surface area (Å²) in [7, 11) is 0. The van der Waals surface area contributed by atoms with E-state index >= 15 is 0 Å². The summed E-state index contributed by atoms with van der Waals surface area (Å²) in [6.07, 6.45) is 0. The zero-order chi connectivity index (χ0) is 11.7. The summed E-state index contributed by atoms with van der Waals surface area (Å²) >= 11 is 11.9. The predicted octanol–water partition coefficient (Wildman–Crippen LogP) is 4.07. The summed E-state index contributed by atoms with van der Waals surface area (Å²) in [6, 6.07) is 9.18. The molecule has 0 aliphatic rings. The summed E-state index contributed by atoms with van der Waals surface area (Å²) in [4.78, 5) is 0. The van der Waals surface area contributed by atoms with E-state index in [-0.39, 0.29) is 11.5 Å². The fourth-order valence-corrected chi connectivity index (χ4v) is 1.84. The Morgan fingerprint density at radius 2 is 1.56 bits per heavy atom. The number of halogens is 2. The molecule has 2 rings (SSSR count). The maximum atomic E-state index is 9.69. The van der Waals surface area contributed by atoms with Crippen LogP contribution in [0.2, 0.25) is 10.0 Å². The molecule has 0 heterocycles. The van der Waals surface area contributed by atoms with E-state index in [0.717, 1.165) is 0 Å². The summed E-state index contributed by atoms with van der Waals surface area (Å²) in [5.41, 5.74) is 1.04. The van der Waals surface area contributed by atoms with Crippen LogP contribution in [-0.2, 0) is 0 Å². The van der Waals surface area contributed by atoms with Gasteiger partial charge in [0, 0.05) is 21.2 Å². The standard InChI is InChI=1S/C12H8Cl2O2/c13-7-1-3-11(14)9(5-7)10-6-8(15)2-4-12(10)16/h1-6,15-16H. The lowest BCUT2D eigenvalue weighted by molar-refractivity contribution is 0.462. The Balaban J connectivity index is 2.66. The van der Waals surface area contributed by atoms with Crippen molar-refractivity contribution in [1.29, 1.82) is 0 Å². The lowest BCUT2D eigenvalue weighted by Crippen LogP contribution is -1.81. The van der Waals surface area contributed by atoms with E-state index in [1.165, 1.54) is 18.2 Å². The lowest BCUT2D eigenvalue weighted by atomic mass is 10.0. The van der Waals surface area contributed by atoms with Gasteiger partial charge in [-0.25, -0.2) is 0 Å². The Hall–Kier alpha value is -1.38. The molecule has 0 aromatic heterocycles. The topological polar surface area (TPSA) is 40.5 Å². The largest absolute Gasteiger partial charge is 0.508 e. The molecule has 0 atom stereocenters. The summed E-state index contributed by atoms with van der Waals surface area (Å²) in [6.45, 7) is 0. The van der Waals surface area contributed by atoms with Crippen molar-refractivity contribution in [2.24, 2.45) is 0 Å². The van der Waals surface area contributed by atoms with Crippen LogP contribution in [0, 0.1) is 0 Å². The highest BCUT2D eigenvalue weighted by Crippen LogP contribution is 2.37. The van der Waals surface area contributed by atoms with E-state index in [1.807, 2.05) is 0 Å². The van der Waals surface area contributed by atoms with Gasteiger partial charge in [0.2, 0.25) is 0 Å². The highest BCUT2D eigenvalue weighted by Gasteiger charge is 2.09. The van der Waals surface area contributed by atoms with Crippen molar-refractivity contribution in [3.05, 3.63) is 46.4 Å². The zero-order valence-corrected chi connectivity index (χ0v) is 9.63. The normalized spacial score (nSPS) is 10.4. The molecule has 0 saturated carbocycles. The first-order valence-corrected chi connectivity index (χ1v) is 5.31. The minimum absolute atomic E-state index is 0.0435. The number of benzene rings is 2. The fraction of sp³-hybridized carbons (Fsp3) is 0. The maximum Gasteiger partial charge on any atom is 0.123 e. The molecule has 0 amide bonds. The number of hydrogen-bond acceptors (Lipinski definition) is 2. The first-order chi connectivity index (χ1) is 7.58. The minimum Gasteiger partial charge on any atom is -0.508 e. The molecule has 0 saturated heterocycles. The van der Waals surface area contributed by atoms with Gasteiger partial charge in [-0.3, -0.25) is 0 Å². The van der Waals surface area contributed by atoms with Crippen molar-refractivity contribution in [3.8, 4) is 22.6 Å². The van der Waals surface area contributed by atoms with E-state index in [4.69, 9.17) is 23.2 Å². The van der Waals surface area contributed by atoms with Gasteiger partial charge >= 0.3 is 0 Å². The first kappa shape index (κ1) is 11.1. The number of phenolic OH excluding ortho intramolecular Hbond substituents is 2. The van der Waals surface area contributed by atoms with E-state index in [2.05, 4.69) is 0 Å². The van der Waals surface area contributed by atoms with Gasteiger partial charge in [-0.1, -0.05) is 23.2 Å².